The van der Waals surface area contributed by atoms with E-state index in [1.54, 1.807) is 23.4 Å². The number of carbonyl (C=O) groups excluding carboxylic acids is 2. The van der Waals surface area contributed by atoms with Crippen LogP contribution in [0, 0.1) is 5.92 Å². The fourth-order valence-electron chi connectivity index (χ4n) is 3.89. The fourth-order valence-corrected chi connectivity index (χ4v) is 5.18. The van der Waals surface area contributed by atoms with Crippen LogP contribution >= 0.6 is 11.3 Å². The highest BCUT2D eigenvalue weighted by atomic mass is 32.1. The molecule has 4 rings (SSSR count). The molecule has 0 spiro atoms. The van der Waals surface area contributed by atoms with Gasteiger partial charge in [-0.3, -0.25) is 9.78 Å². The molecule has 7 nitrogen and oxygen atoms in total. The van der Waals surface area contributed by atoms with E-state index in [1.165, 1.54) is 22.3 Å². The monoisotopic (exact) mass is 426 g/mol. The lowest BCUT2D eigenvalue weighted by atomic mass is 9.89. The first-order chi connectivity index (χ1) is 14.6. The van der Waals surface area contributed by atoms with Crippen molar-refractivity contribution in [2.75, 3.05) is 30.7 Å². The van der Waals surface area contributed by atoms with E-state index >= 15 is 0 Å². The number of nitrogens with zero attached hydrogens (tertiary/aromatic N) is 2. The maximum atomic E-state index is 12.3. The summed E-state index contributed by atoms with van der Waals surface area (Å²) in [4.78, 5) is 31.4. The number of fused-ring (bicyclic) bond motifs is 1. The molecule has 30 heavy (non-hydrogen) atoms. The molecule has 2 aliphatic rings. The van der Waals surface area contributed by atoms with Gasteiger partial charge in [-0.05, 0) is 61.3 Å². The van der Waals surface area contributed by atoms with Gasteiger partial charge >= 0.3 is 6.09 Å². The van der Waals surface area contributed by atoms with Crippen LogP contribution in [-0.4, -0.2) is 41.6 Å². The number of amides is 2. The maximum Gasteiger partial charge on any atom is 0.409 e. The zero-order chi connectivity index (χ0) is 20.9. The number of ether oxygens (including phenoxy) is 1. The average molecular weight is 427 g/mol. The molecule has 2 aromatic heterocycles. The van der Waals surface area contributed by atoms with E-state index in [0.717, 1.165) is 56.3 Å². The zero-order valence-electron chi connectivity index (χ0n) is 16.8. The first-order valence-corrected chi connectivity index (χ1v) is 11.1. The topological polar surface area (TPSA) is 97.5 Å². The molecular formula is C22H26N4O3S. The minimum atomic E-state index is -0.222. The van der Waals surface area contributed by atoms with E-state index in [1.807, 2.05) is 12.1 Å². The van der Waals surface area contributed by atoms with Crippen LogP contribution in [0.3, 0.4) is 0 Å². The van der Waals surface area contributed by atoms with Gasteiger partial charge in [-0.1, -0.05) is 6.07 Å². The summed E-state index contributed by atoms with van der Waals surface area (Å²) in [6.45, 7) is 2.03. The van der Waals surface area contributed by atoms with Crippen molar-refractivity contribution in [1.82, 2.24) is 9.88 Å². The Bertz CT molecular complexity index is 935. The number of rotatable bonds is 5. The van der Waals surface area contributed by atoms with Crippen LogP contribution in [0.1, 0.15) is 35.3 Å². The van der Waals surface area contributed by atoms with E-state index < -0.39 is 0 Å². The van der Waals surface area contributed by atoms with Crippen molar-refractivity contribution in [3.8, 4) is 0 Å². The van der Waals surface area contributed by atoms with Gasteiger partial charge in [-0.25, -0.2) is 4.79 Å². The normalized spacial score (nSPS) is 18.4. The molecule has 0 radical (unpaired) electrons. The minimum Gasteiger partial charge on any atom is -0.449 e. The van der Waals surface area contributed by atoms with E-state index in [2.05, 4.69) is 10.3 Å². The Hall–Kier alpha value is -2.87. The Morgan fingerprint density at radius 3 is 2.97 bits per heavy atom. The second-order valence-corrected chi connectivity index (χ2v) is 8.84. The van der Waals surface area contributed by atoms with Crippen LogP contribution in [0.5, 0.6) is 0 Å². The first-order valence-electron chi connectivity index (χ1n) is 10.3. The second kappa shape index (κ2) is 9.30. The van der Waals surface area contributed by atoms with Gasteiger partial charge in [-0.2, -0.15) is 0 Å². The highest BCUT2D eigenvalue weighted by Crippen LogP contribution is 2.41. The van der Waals surface area contributed by atoms with Gasteiger partial charge in [0.15, 0.2) is 0 Å². The standard InChI is InChI=1S/C22H26N4O3S/c23-20-17-7-5-16(14-29-22(28)26-10-1-2-11-26)12-18(17)30-21(20)25-19(27)8-6-15-4-3-9-24-13-15/h3-4,6,8-9,13,16H,1-2,5,7,10-12,14,23H2,(H,25,27)/b8-6+/t16-/m0/s1. The molecule has 8 heteroatoms. The van der Waals surface area contributed by atoms with Gasteiger partial charge < -0.3 is 20.7 Å². The summed E-state index contributed by atoms with van der Waals surface area (Å²) in [5.74, 6) is 0.0661. The van der Waals surface area contributed by atoms with Crippen LogP contribution in [-0.2, 0) is 22.4 Å². The third kappa shape index (κ3) is 4.81. The molecule has 0 unspecified atom stereocenters. The van der Waals surface area contributed by atoms with Gasteiger partial charge in [0.1, 0.15) is 5.00 Å². The number of pyridine rings is 1. The number of nitrogen functional groups attached to an aromatic ring is 1. The van der Waals surface area contributed by atoms with E-state index in [9.17, 15) is 9.59 Å². The number of anilines is 2. The Morgan fingerprint density at radius 1 is 1.37 bits per heavy atom. The van der Waals surface area contributed by atoms with Crippen molar-refractivity contribution in [1.29, 1.82) is 0 Å². The summed E-state index contributed by atoms with van der Waals surface area (Å²) in [7, 11) is 0. The van der Waals surface area contributed by atoms with Crippen molar-refractivity contribution in [3.63, 3.8) is 0 Å². The van der Waals surface area contributed by atoms with Gasteiger partial charge in [-0.15, -0.1) is 11.3 Å². The molecule has 0 saturated carbocycles. The molecule has 2 aromatic rings. The van der Waals surface area contributed by atoms with Crippen LogP contribution < -0.4 is 11.1 Å². The fraction of sp³-hybridized carbons (Fsp3) is 0.409. The summed E-state index contributed by atoms with van der Waals surface area (Å²) in [6.07, 6.45) is 11.1. The molecule has 1 fully saturated rings. The predicted molar refractivity (Wildman–Crippen MR) is 118 cm³/mol. The third-order valence-electron chi connectivity index (χ3n) is 5.56. The Morgan fingerprint density at radius 2 is 2.20 bits per heavy atom. The molecular weight excluding hydrogens is 400 g/mol. The lowest BCUT2D eigenvalue weighted by Gasteiger charge is -2.23. The number of thiophene rings is 1. The van der Waals surface area contributed by atoms with E-state index in [-0.39, 0.29) is 17.9 Å². The van der Waals surface area contributed by atoms with Gasteiger partial charge in [0.2, 0.25) is 5.91 Å². The summed E-state index contributed by atoms with van der Waals surface area (Å²) in [5, 5.41) is 3.59. The quantitative estimate of drug-likeness (QED) is 0.710. The summed E-state index contributed by atoms with van der Waals surface area (Å²) in [6, 6.07) is 3.70. The Balaban J connectivity index is 1.33. The summed E-state index contributed by atoms with van der Waals surface area (Å²) in [5.41, 5.74) is 8.94. The van der Waals surface area contributed by atoms with Gasteiger partial charge in [0.05, 0.1) is 12.3 Å². The highest BCUT2D eigenvalue weighted by molar-refractivity contribution is 7.17. The molecule has 0 bridgehead atoms. The van der Waals surface area contributed by atoms with Crippen molar-refractivity contribution in [2.45, 2.75) is 32.1 Å². The highest BCUT2D eigenvalue weighted by Gasteiger charge is 2.27. The van der Waals surface area contributed by atoms with Crippen LogP contribution in [0.25, 0.3) is 6.08 Å². The smallest absolute Gasteiger partial charge is 0.409 e. The van der Waals surface area contributed by atoms with E-state index in [4.69, 9.17) is 10.5 Å². The molecule has 3 heterocycles. The third-order valence-corrected chi connectivity index (χ3v) is 6.75. The number of hydrogen-bond acceptors (Lipinski definition) is 6. The largest absolute Gasteiger partial charge is 0.449 e. The van der Waals surface area contributed by atoms with Crippen molar-refractivity contribution in [2.24, 2.45) is 5.92 Å². The Kier molecular flexibility index (Phi) is 6.32. The molecule has 1 saturated heterocycles. The minimum absolute atomic E-state index is 0.197. The Labute approximate surface area is 179 Å². The second-order valence-electron chi connectivity index (χ2n) is 7.74. The predicted octanol–water partition coefficient (Wildman–Crippen LogP) is 3.71. The first kappa shape index (κ1) is 20.4. The molecule has 2 amide bonds. The lowest BCUT2D eigenvalue weighted by Crippen LogP contribution is -2.30. The zero-order valence-corrected chi connectivity index (χ0v) is 17.6. The van der Waals surface area contributed by atoms with E-state index in [0.29, 0.717) is 17.3 Å². The molecule has 1 atom stereocenters. The molecule has 158 valence electrons. The molecule has 0 aromatic carbocycles. The number of likely N-dealkylation sites (tertiary alicyclic amines) is 1. The lowest BCUT2D eigenvalue weighted by molar-refractivity contribution is -0.111. The average Bonchev–Trinajstić information content (AvgIpc) is 3.40. The molecule has 3 N–H and O–H groups in total. The number of hydrogen-bond donors (Lipinski definition) is 2. The number of carbonyl (C=O) groups is 2. The molecule has 1 aliphatic heterocycles. The van der Waals surface area contributed by atoms with Gasteiger partial charge in [0.25, 0.3) is 0 Å². The number of aromatic nitrogens is 1. The van der Waals surface area contributed by atoms with Crippen LogP contribution in [0.15, 0.2) is 30.6 Å². The van der Waals surface area contributed by atoms with Crippen molar-refractivity contribution >= 4 is 40.1 Å². The van der Waals surface area contributed by atoms with Crippen LogP contribution in [0.2, 0.25) is 0 Å². The van der Waals surface area contributed by atoms with Gasteiger partial charge in [0, 0.05) is 36.4 Å². The summed E-state index contributed by atoms with van der Waals surface area (Å²) < 4.78 is 5.53. The SMILES string of the molecule is Nc1c(NC(=O)/C=C/c2cccnc2)sc2c1CC[C@H](COC(=O)N1CCCC1)C2. The maximum absolute atomic E-state index is 12.3. The summed E-state index contributed by atoms with van der Waals surface area (Å²) >= 11 is 1.52. The molecule has 1 aliphatic carbocycles. The number of nitrogens with one attached hydrogen (secondary N) is 1. The van der Waals surface area contributed by atoms with Crippen molar-refractivity contribution in [3.05, 3.63) is 46.6 Å². The van der Waals surface area contributed by atoms with Crippen LogP contribution in [0.4, 0.5) is 15.5 Å². The number of nitrogens with two attached hydrogens (primary N) is 1. The van der Waals surface area contributed by atoms with Crippen molar-refractivity contribution < 1.29 is 14.3 Å².